The molecular formula is C21H22Cl2F2N6O4. The Balaban J connectivity index is 1.88. The van der Waals surface area contributed by atoms with Crippen LogP contribution in [-0.4, -0.2) is 51.5 Å². The summed E-state index contributed by atoms with van der Waals surface area (Å²) < 4.78 is 30.0. The third-order valence-corrected chi connectivity index (χ3v) is 5.66. The van der Waals surface area contributed by atoms with E-state index in [0.717, 1.165) is 0 Å². The highest BCUT2D eigenvalue weighted by atomic mass is 35.5. The summed E-state index contributed by atoms with van der Waals surface area (Å²) in [5.41, 5.74) is 5.27. The van der Waals surface area contributed by atoms with Crippen LogP contribution in [0.4, 0.5) is 20.4 Å². The summed E-state index contributed by atoms with van der Waals surface area (Å²) >= 11 is 12.8. The maximum absolute atomic E-state index is 12.5. The Bertz CT molecular complexity index is 1270. The number of halogens is 4. The second-order valence-electron chi connectivity index (χ2n) is 8.11. The van der Waals surface area contributed by atoms with Crippen molar-refractivity contribution in [1.82, 2.24) is 20.3 Å². The van der Waals surface area contributed by atoms with Crippen LogP contribution in [0.2, 0.25) is 10.0 Å². The number of pyridine rings is 1. The summed E-state index contributed by atoms with van der Waals surface area (Å²) in [5.74, 6) is -1.53. The number of anilines is 2. The first-order valence-electron chi connectivity index (χ1n) is 10.2. The van der Waals surface area contributed by atoms with Gasteiger partial charge in [-0.15, -0.1) is 0 Å². The van der Waals surface area contributed by atoms with Crippen LogP contribution >= 0.6 is 23.2 Å². The molecule has 0 unspecified atom stereocenters. The van der Waals surface area contributed by atoms with Crippen molar-refractivity contribution in [3.8, 4) is 5.88 Å². The number of hydrogen-bond donors (Lipinski definition) is 5. The molecule has 6 N–H and O–H groups in total. The highest BCUT2D eigenvalue weighted by Gasteiger charge is 2.26. The number of ether oxygens (including phenoxy) is 1. The number of hydrogen-bond acceptors (Lipinski definition) is 7. The number of amides is 2. The van der Waals surface area contributed by atoms with Crippen LogP contribution in [0.5, 0.6) is 5.88 Å². The molecule has 188 valence electrons. The van der Waals surface area contributed by atoms with Crippen LogP contribution in [0.15, 0.2) is 18.2 Å². The zero-order chi connectivity index (χ0) is 25.9. The summed E-state index contributed by atoms with van der Waals surface area (Å²) in [5, 5.41) is 15.4. The second-order valence-corrected chi connectivity index (χ2v) is 8.89. The molecule has 3 aromatic rings. The number of nitrogens with one attached hydrogen (secondary N) is 3. The van der Waals surface area contributed by atoms with Gasteiger partial charge >= 0.3 is 0 Å². The van der Waals surface area contributed by atoms with Crippen LogP contribution in [-0.2, 0) is 11.3 Å². The lowest BCUT2D eigenvalue weighted by Crippen LogP contribution is -2.38. The summed E-state index contributed by atoms with van der Waals surface area (Å²) in [6.07, 6.45) is -2.78. The average molecular weight is 531 g/mol. The van der Waals surface area contributed by atoms with E-state index in [1.165, 1.54) is 6.07 Å². The summed E-state index contributed by atoms with van der Waals surface area (Å²) in [4.78, 5) is 35.0. The molecule has 1 aromatic carbocycles. The fraction of sp³-hybridized carbons (Fsp3) is 0.333. The van der Waals surface area contributed by atoms with Gasteiger partial charge in [-0.25, -0.2) is 8.78 Å². The Hall–Kier alpha value is -3.22. The van der Waals surface area contributed by atoms with Crippen LogP contribution in [0.25, 0.3) is 11.2 Å². The van der Waals surface area contributed by atoms with Crippen LogP contribution in [0.1, 0.15) is 29.8 Å². The lowest BCUT2D eigenvalue weighted by Gasteiger charge is -2.21. The van der Waals surface area contributed by atoms with Gasteiger partial charge in [0.15, 0.2) is 12.3 Å². The molecule has 0 aliphatic rings. The van der Waals surface area contributed by atoms with Crippen LogP contribution in [0, 0.1) is 5.41 Å². The lowest BCUT2D eigenvalue weighted by atomic mass is 9.94. The van der Waals surface area contributed by atoms with Gasteiger partial charge in [0.05, 0.1) is 33.3 Å². The lowest BCUT2D eigenvalue weighted by molar-refractivity contribution is -0.131. The number of nitrogens with zero attached hydrogens (tertiary/aromatic N) is 2. The number of carbonyl (C=O) groups is 2. The van der Waals surface area contributed by atoms with E-state index in [1.54, 1.807) is 26.0 Å². The first kappa shape index (κ1) is 26.4. The van der Waals surface area contributed by atoms with Crippen molar-refractivity contribution in [1.29, 1.82) is 0 Å². The number of primary amides is 1. The number of aromatic amines is 1. The number of carbonyl (C=O) groups excluding carboxylic acids is 2. The number of aromatic nitrogens is 3. The van der Waals surface area contributed by atoms with Gasteiger partial charge in [-0.1, -0.05) is 29.3 Å². The second kappa shape index (κ2) is 10.6. The molecule has 0 aliphatic carbocycles. The minimum atomic E-state index is -2.78. The van der Waals surface area contributed by atoms with E-state index in [1.807, 2.05) is 0 Å². The zero-order valence-corrected chi connectivity index (χ0v) is 20.1. The van der Waals surface area contributed by atoms with Gasteiger partial charge in [-0.05, 0) is 31.5 Å². The highest BCUT2D eigenvalue weighted by molar-refractivity contribution is 6.39. The summed E-state index contributed by atoms with van der Waals surface area (Å²) in [6.45, 7) is 1.97. The van der Waals surface area contributed by atoms with Crippen molar-refractivity contribution >= 4 is 57.8 Å². The number of aliphatic hydroxyl groups is 1. The van der Waals surface area contributed by atoms with Gasteiger partial charge in [0.2, 0.25) is 17.7 Å². The number of imidazole rings is 1. The number of nitrogens with two attached hydrogens (primary N) is 1. The van der Waals surface area contributed by atoms with Gasteiger partial charge in [-0.3, -0.25) is 9.59 Å². The van der Waals surface area contributed by atoms with Crippen molar-refractivity contribution in [2.75, 3.05) is 18.5 Å². The third kappa shape index (κ3) is 6.08. The normalized spacial score (nSPS) is 11.7. The largest absolute Gasteiger partial charge is 0.471 e. The average Bonchev–Trinajstić information content (AvgIpc) is 3.20. The first-order chi connectivity index (χ1) is 16.4. The molecule has 0 saturated heterocycles. The Kier molecular flexibility index (Phi) is 7.98. The predicted molar refractivity (Wildman–Crippen MR) is 126 cm³/mol. The molecule has 0 aliphatic heterocycles. The standard InChI is InChI=1S/C21H22Cl2F2N6O4/c1-21(2,8-32)19(34)27-6-9-3-4-11(22)15(14(9)23)29-20-28-12-5-10(16(26)33)18(30-17(12)31-20)35-7-13(24)25/h3-5,13,32H,6-8H2,1-2H3,(H2,26,33)(H,27,34)(H2,28,29,30,31). The predicted octanol–water partition coefficient (Wildman–Crippen LogP) is 3.39. The van der Waals surface area contributed by atoms with Crippen molar-refractivity contribution in [3.05, 3.63) is 39.4 Å². The molecule has 0 spiro atoms. The number of aliphatic hydroxyl groups excluding tert-OH is 1. The van der Waals surface area contributed by atoms with Gasteiger partial charge in [0, 0.05) is 6.54 Å². The minimum Gasteiger partial charge on any atom is -0.471 e. The summed E-state index contributed by atoms with van der Waals surface area (Å²) in [6, 6.07) is 4.48. The van der Waals surface area contributed by atoms with Crippen molar-refractivity contribution < 1.29 is 28.2 Å². The summed E-state index contributed by atoms with van der Waals surface area (Å²) in [7, 11) is 0. The fourth-order valence-corrected chi connectivity index (χ4v) is 3.40. The first-order valence-corrected chi connectivity index (χ1v) is 10.9. The van der Waals surface area contributed by atoms with Crippen LogP contribution in [0.3, 0.4) is 0 Å². The third-order valence-electron chi connectivity index (χ3n) is 4.91. The monoisotopic (exact) mass is 530 g/mol. The quantitative estimate of drug-likeness (QED) is 0.269. The van der Waals surface area contributed by atoms with E-state index in [0.29, 0.717) is 5.56 Å². The molecule has 2 aromatic heterocycles. The van der Waals surface area contributed by atoms with Gasteiger partial charge in [0.25, 0.3) is 12.3 Å². The topological polar surface area (TPSA) is 155 Å². The number of fused-ring (bicyclic) bond motifs is 1. The molecule has 35 heavy (non-hydrogen) atoms. The van der Waals surface area contributed by atoms with E-state index >= 15 is 0 Å². The maximum Gasteiger partial charge on any atom is 0.272 e. The van der Waals surface area contributed by atoms with E-state index in [4.69, 9.17) is 33.7 Å². The Morgan fingerprint density at radius 1 is 1.29 bits per heavy atom. The molecule has 10 nitrogen and oxygen atoms in total. The van der Waals surface area contributed by atoms with Crippen molar-refractivity contribution in [2.45, 2.75) is 26.8 Å². The smallest absolute Gasteiger partial charge is 0.272 e. The molecule has 14 heteroatoms. The SMILES string of the molecule is CC(C)(CO)C(=O)NCc1ccc(Cl)c(Nc2nc3nc(OCC(F)F)c(C(N)=O)cc3[nH]2)c1Cl. The molecule has 2 amide bonds. The van der Waals surface area contributed by atoms with Gasteiger partial charge in [0.1, 0.15) is 5.56 Å². The fourth-order valence-electron chi connectivity index (χ4n) is 2.87. The van der Waals surface area contributed by atoms with E-state index in [-0.39, 0.29) is 63.3 Å². The molecular weight excluding hydrogens is 509 g/mol. The number of benzene rings is 1. The molecule has 3 rings (SSSR count). The molecule has 0 atom stereocenters. The Morgan fingerprint density at radius 3 is 2.63 bits per heavy atom. The molecule has 2 heterocycles. The van der Waals surface area contributed by atoms with Gasteiger partial charge in [-0.2, -0.15) is 9.97 Å². The molecule has 0 saturated carbocycles. The van der Waals surface area contributed by atoms with Crippen molar-refractivity contribution in [3.63, 3.8) is 0 Å². The number of alkyl halides is 2. The Labute approximate surface area is 208 Å². The maximum atomic E-state index is 12.5. The highest BCUT2D eigenvalue weighted by Crippen LogP contribution is 2.35. The Morgan fingerprint density at radius 2 is 2.00 bits per heavy atom. The minimum absolute atomic E-state index is 0.0589. The molecule has 0 radical (unpaired) electrons. The van der Waals surface area contributed by atoms with E-state index in [2.05, 4.69) is 25.6 Å². The number of H-pyrrole nitrogens is 1. The number of rotatable bonds is 10. The zero-order valence-electron chi connectivity index (χ0n) is 18.6. The van der Waals surface area contributed by atoms with Crippen LogP contribution < -0.4 is 21.1 Å². The molecule has 0 bridgehead atoms. The van der Waals surface area contributed by atoms with E-state index < -0.39 is 24.4 Å². The van der Waals surface area contributed by atoms with E-state index in [9.17, 15) is 23.5 Å². The van der Waals surface area contributed by atoms with Crippen molar-refractivity contribution in [2.24, 2.45) is 11.1 Å². The van der Waals surface area contributed by atoms with Gasteiger partial charge < -0.3 is 31.2 Å². The molecule has 0 fully saturated rings.